The van der Waals surface area contributed by atoms with Gasteiger partial charge in [0.15, 0.2) is 6.10 Å². The highest BCUT2D eigenvalue weighted by Crippen LogP contribution is 2.39. The maximum absolute atomic E-state index is 12.6. The third kappa shape index (κ3) is 3.93. The highest BCUT2D eigenvalue weighted by atomic mass is 16.5. The Morgan fingerprint density at radius 1 is 1.36 bits per heavy atom. The number of carbonyl (C=O) groups excluding carboxylic acids is 2. The SMILES string of the molecule is COc1ccc([C@@H]2[C@@H](C(=O)NCCCO)OCC(=O)N2C2CC2)cc1. The zero-order valence-corrected chi connectivity index (χ0v) is 14.3. The average molecular weight is 348 g/mol. The summed E-state index contributed by atoms with van der Waals surface area (Å²) in [6.45, 7) is 0.309. The minimum Gasteiger partial charge on any atom is -0.497 e. The van der Waals surface area contributed by atoms with E-state index in [9.17, 15) is 9.59 Å². The Hall–Kier alpha value is -2.12. The number of hydrogen-bond acceptors (Lipinski definition) is 5. The number of nitrogens with zero attached hydrogens (tertiary/aromatic N) is 1. The van der Waals surface area contributed by atoms with Crippen LogP contribution in [-0.4, -0.2) is 60.8 Å². The van der Waals surface area contributed by atoms with Crippen molar-refractivity contribution in [3.05, 3.63) is 29.8 Å². The molecule has 1 heterocycles. The van der Waals surface area contributed by atoms with Crippen LogP contribution >= 0.6 is 0 Å². The van der Waals surface area contributed by atoms with Crippen LogP contribution in [0.1, 0.15) is 30.9 Å². The van der Waals surface area contributed by atoms with Gasteiger partial charge in [0, 0.05) is 19.2 Å². The number of nitrogens with one attached hydrogen (secondary N) is 1. The van der Waals surface area contributed by atoms with Crippen molar-refractivity contribution >= 4 is 11.8 Å². The summed E-state index contributed by atoms with van der Waals surface area (Å²) in [6.07, 6.45) is 1.64. The second-order valence-electron chi connectivity index (χ2n) is 6.35. The molecule has 0 unspecified atom stereocenters. The summed E-state index contributed by atoms with van der Waals surface area (Å²) in [5, 5.41) is 11.7. The summed E-state index contributed by atoms with van der Waals surface area (Å²) >= 11 is 0. The minimum absolute atomic E-state index is 0.0143. The Labute approximate surface area is 146 Å². The molecule has 0 aromatic heterocycles. The van der Waals surface area contributed by atoms with E-state index in [4.69, 9.17) is 14.6 Å². The lowest BCUT2D eigenvalue weighted by molar-refractivity contribution is -0.165. The predicted octanol–water partition coefficient (Wildman–Crippen LogP) is 0.625. The number of morpholine rings is 1. The molecule has 1 aromatic carbocycles. The van der Waals surface area contributed by atoms with E-state index in [1.54, 1.807) is 7.11 Å². The van der Waals surface area contributed by atoms with Crippen LogP contribution in [0.3, 0.4) is 0 Å². The maximum atomic E-state index is 12.6. The van der Waals surface area contributed by atoms with Crippen molar-refractivity contribution in [3.63, 3.8) is 0 Å². The van der Waals surface area contributed by atoms with Crippen LogP contribution in [0.25, 0.3) is 0 Å². The molecular formula is C18H24N2O5. The van der Waals surface area contributed by atoms with Gasteiger partial charge in [-0.1, -0.05) is 12.1 Å². The zero-order chi connectivity index (χ0) is 17.8. The molecule has 1 aliphatic heterocycles. The molecule has 2 fully saturated rings. The lowest BCUT2D eigenvalue weighted by Crippen LogP contribution is -2.55. The molecule has 2 atom stereocenters. The Kier molecular flexibility index (Phi) is 5.55. The first-order valence-corrected chi connectivity index (χ1v) is 8.61. The molecular weight excluding hydrogens is 324 g/mol. The molecule has 1 saturated carbocycles. The minimum atomic E-state index is -0.759. The van der Waals surface area contributed by atoms with Crippen LogP contribution in [0, 0.1) is 0 Å². The third-order valence-corrected chi connectivity index (χ3v) is 4.55. The van der Waals surface area contributed by atoms with Crippen molar-refractivity contribution in [1.29, 1.82) is 0 Å². The molecule has 7 nitrogen and oxygen atoms in total. The first-order chi connectivity index (χ1) is 12.2. The third-order valence-electron chi connectivity index (χ3n) is 4.55. The van der Waals surface area contributed by atoms with Gasteiger partial charge in [-0.3, -0.25) is 9.59 Å². The van der Waals surface area contributed by atoms with Gasteiger partial charge in [-0.15, -0.1) is 0 Å². The summed E-state index contributed by atoms with van der Waals surface area (Å²) in [5.41, 5.74) is 0.850. The van der Waals surface area contributed by atoms with Gasteiger partial charge >= 0.3 is 0 Å². The molecule has 1 aromatic rings. The summed E-state index contributed by atoms with van der Waals surface area (Å²) in [4.78, 5) is 26.8. The van der Waals surface area contributed by atoms with Crippen LogP contribution < -0.4 is 10.1 Å². The molecule has 3 rings (SSSR count). The van der Waals surface area contributed by atoms with Crippen molar-refractivity contribution < 1.29 is 24.2 Å². The van der Waals surface area contributed by atoms with Gasteiger partial charge in [0.1, 0.15) is 12.4 Å². The largest absolute Gasteiger partial charge is 0.497 e. The fourth-order valence-electron chi connectivity index (χ4n) is 3.16. The summed E-state index contributed by atoms with van der Waals surface area (Å²) in [5.74, 6) is 0.379. The Bertz CT molecular complexity index is 614. The van der Waals surface area contributed by atoms with E-state index in [1.165, 1.54) is 0 Å². The number of hydrogen-bond donors (Lipinski definition) is 2. The number of carbonyl (C=O) groups is 2. The Morgan fingerprint density at radius 2 is 2.08 bits per heavy atom. The van der Waals surface area contributed by atoms with Crippen molar-refractivity contribution in [1.82, 2.24) is 10.2 Å². The zero-order valence-electron chi connectivity index (χ0n) is 14.3. The smallest absolute Gasteiger partial charge is 0.251 e. The number of benzene rings is 1. The lowest BCUT2D eigenvalue weighted by atomic mass is 9.96. The molecule has 0 bridgehead atoms. The van der Waals surface area contributed by atoms with Crippen LogP contribution in [0.5, 0.6) is 5.75 Å². The number of aliphatic hydroxyl groups is 1. The first-order valence-electron chi connectivity index (χ1n) is 8.61. The molecule has 0 spiro atoms. The quantitative estimate of drug-likeness (QED) is 0.706. The van der Waals surface area contributed by atoms with E-state index in [0.29, 0.717) is 18.7 Å². The van der Waals surface area contributed by atoms with Gasteiger partial charge < -0.3 is 24.8 Å². The average Bonchev–Trinajstić information content (AvgIpc) is 3.46. The first kappa shape index (κ1) is 17.7. The molecule has 25 heavy (non-hydrogen) atoms. The van der Waals surface area contributed by atoms with E-state index in [2.05, 4.69) is 5.32 Å². The van der Waals surface area contributed by atoms with Crippen LogP contribution in [0.4, 0.5) is 0 Å². The molecule has 1 aliphatic carbocycles. The van der Waals surface area contributed by atoms with Crippen LogP contribution in [0.2, 0.25) is 0 Å². The maximum Gasteiger partial charge on any atom is 0.251 e. The van der Waals surface area contributed by atoms with E-state index >= 15 is 0 Å². The predicted molar refractivity (Wildman–Crippen MR) is 90.1 cm³/mol. The number of aliphatic hydroxyl groups excluding tert-OH is 1. The van der Waals surface area contributed by atoms with Gasteiger partial charge in [0.2, 0.25) is 5.91 Å². The van der Waals surface area contributed by atoms with Crippen LogP contribution in [-0.2, 0) is 14.3 Å². The van der Waals surface area contributed by atoms with E-state index < -0.39 is 12.1 Å². The summed E-state index contributed by atoms with van der Waals surface area (Å²) in [6, 6.07) is 7.11. The van der Waals surface area contributed by atoms with Gasteiger partial charge in [-0.05, 0) is 37.0 Å². The molecule has 1 saturated heterocycles. The topological polar surface area (TPSA) is 88.1 Å². The second-order valence-corrected chi connectivity index (χ2v) is 6.35. The van der Waals surface area contributed by atoms with E-state index in [1.807, 2.05) is 29.2 Å². The second kappa shape index (κ2) is 7.84. The highest BCUT2D eigenvalue weighted by Gasteiger charge is 2.47. The van der Waals surface area contributed by atoms with Crippen molar-refractivity contribution in [3.8, 4) is 5.75 Å². The summed E-state index contributed by atoms with van der Waals surface area (Å²) in [7, 11) is 1.59. The highest BCUT2D eigenvalue weighted by molar-refractivity contribution is 5.86. The molecule has 2 aliphatic rings. The number of methoxy groups -OCH3 is 1. The van der Waals surface area contributed by atoms with Crippen molar-refractivity contribution in [2.24, 2.45) is 0 Å². The molecule has 136 valence electrons. The van der Waals surface area contributed by atoms with Gasteiger partial charge in [-0.2, -0.15) is 0 Å². The fraction of sp³-hybridized carbons (Fsp3) is 0.556. The standard InChI is InChI=1S/C18H24N2O5/c1-24-14-7-3-12(4-8-14)16-17(18(23)19-9-2-10-21)25-11-15(22)20(16)13-5-6-13/h3-4,7-8,13,16-17,21H,2,5-6,9-11H2,1H3,(H,19,23)/t16-,17+/m1/s1. The molecule has 2 N–H and O–H groups in total. The van der Waals surface area contributed by atoms with Gasteiger partial charge in [0.25, 0.3) is 5.91 Å². The number of ether oxygens (including phenoxy) is 2. The van der Waals surface area contributed by atoms with Gasteiger partial charge in [-0.25, -0.2) is 0 Å². The molecule has 2 amide bonds. The fourth-order valence-corrected chi connectivity index (χ4v) is 3.16. The molecule has 7 heteroatoms. The Balaban J connectivity index is 1.86. The van der Waals surface area contributed by atoms with E-state index in [0.717, 1.165) is 18.4 Å². The van der Waals surface area contributed by atoms with Gasteiger partial charge in [0.05, 0.1) is 13.2 Å². The lowest BCUT2D eigenvalue weighted by Gasteiger charge is -2.40. The normalized spacial score (nSPS) is 23.4. The number of amides is 2. The van der Waals surface area contributed by atoms with Crippen molar-refractivity contribution in [2.45, 2.75) is 37.5 Å². The molecule has 0 radical (unpaired) electrons. The van der Waals surface area contributed by atoms with Crippen LogP contribution in [0.15, 0.2) is 24.3 Å². The monoisotopic (exact) mass is 348 g/mol. The van der Waals surface area contributed by atoms with Crippen molar-refractivity contribution in [2.75, 3.05) is 26.9 Å². The summed E-state index contributed by atoms with van der Waals surface area (Å²) < 4.78 is 10.8. The van der Waals surface area contributed by atoms with E-state index in [-0.39, 0.29) is 31.1 Å². The number of rotatable bonds is 7. The Morgan fingerprint density at radius 3 is 2.68 bits per heavy atom.